The monoisotopic (exact) mass is 343 g/mol. The summed E-state index contributed by atoms with van der Waals surface area (Å²) < 4.78 is 1.78. The first-order valence-corrected chi connectivity index (χ1v) is 8.13. The van der Waals surface area contributed by atoms with Gasteiger partial charge in [0, 0.05) is 30.9 Å². The molecule has 2 aromatic heterocycles. The van der Waals surface area contributed by atoms with Crippen LogP contribution in [0.25, 0.3) is 10.2 Å². The molecule has 0 aliphatic rings. The smallest absolute Gasteiger partial charge is 0.318 e. The van der Waals surface area contributed by atoms with Crippen LogP contribution in [0.1, 0.15) is 15.4 Å². The molecule has 124 valence electrons. The zero-order chi connectivity index (χ0) is 17.3. The van der Waals surface area contributed by atoms with E-state index in [1.807, 2.05) is 20.0 Å². The van der Waals surface area contributed by atoms with Gasteiger partial charge in [0.15, 0.2) is 0 Å². The van der Waals surface area contributed by atoms with Crippen LogP contribution in [0.15, 0.2) is 30.3 Å². The molecule has 8 heteroatoms. The lowest BCUT2D eigenvalue weighted by Crippen LogP contribution is -2.24. The van der Waals surface area contributed by atoms with Crippen LogP contribution in [0.3, 0.4) is 0 Å². The summed E-state index contributed by atoms with van der Waals surface area (Å²) in [4.78, 5) is 25.4. The van der Waals surface area contributed by atoms with Gasteiger partial charge in [-0.2, -0.15) is 5.10 Å². The van der Waals surface area contributed by atoms with E-state index in [0.29, 0.717) is 16.3 Å². The Labute approximate surface area is 142 Å². The average molecular weight is 343 g/mol. The fourth-order valence-corrected chi connectivity index (χ4v) is 3.40. The normalized spacial score (nSPS) is 10.6. The van der Waals surface area contributed by atoms with Gasteiger partial charge in [0.1, 0.15) is 4.83 Å². The number of benzene rings is 1. The van der Waals surface area contributed by atoms with E-state index in [-0.39, 0.29) is 11.9 Å². The molecule has 0 fully saturated rings. The molecule has 0 aliphatic heterocycles. The van der Waals surface area contributed by atoms with Crippen molar-refractivity contribution in [3.05, 3.63) is 40.9 Å². The third-order valence-electron chi connectivity index (χ3n) is 3.53. The Hall–Kier alpha value is -2.87. The van der Waals surface area contributed by atoms with E-state index in [9.17, 15) is 9.59 Å². The van der Waals surface area contributed by atoms with Gasteiger partial charge in [0.2, 0.25) is 0 Å². The second-order valence-corrected chi connectivity index (χ2v) is 6.31. The molecule has 0 saturated carbocycles. The summed E-state index contributed by atoms with van der Waals surface area (Å²) >= 11 is 1.40. The van der Waals surface area contributed by atoms with Crippen molar-refractivity contribution in [2.45, 2.75) is 6.92 Å². The first-order chi connectivity index (χ1) is 11.5. The van der Waals surface area contributed by atoms with E-state index >= 15 is 0 Å². The van der Waals surface area contributed by atoms with Crippen LogP contribution in [0.4, 0.5) is 16.2 Å². The molecule has 1 aromatic carbocycles. The minimum atomic E-state index is -0.314. The number of fused-ring (bicyclic) bond motifs is 1. The average Bonchev–Trinajstić information content (AvgIpc) is 3.10. The molecule has 3 amide bonds. The number of amides is 3. The fourth-order valence-electron chi connectivity index (χ4n) is 2.38. The highest BCUT2D eigenvalue weighted by molar-refractivity contribution is 7.20. The van der Waals surface area contributed by atoms with E-state index < -0.39 is 0 Å². The summed E-state index contributed by atoms with van der Waals surface area (Å²) in [7, 11) is 3.40. The second kappa shape index (κ2) is 6.32. The predicted octanol–water partition coefficient (Wildman–Crippen LogP) is 2.95. The van der Waals surface area contributed by atoms with Crippen molar-refractivity contribution in [3.63, 3.8) is 0 Å². The number of anilines is 2. The van der Waals surface area contributed by atoms with Gasteiger partial charge < -0.3 is 16.0 Å². The van der Waals surface area contributed by atoms with Gasteiger partial charge in [-0.25, -0.2) is 4.79 Å². The molecule has 7 nitrogen and oxygen atoms in total. The van der Waals surface area contributed by atoms with Gasteiger partial charge >= 0.3 is 6.03 Å². The third kappa shape index (κ3) is 3.09. The van der Waals surface area contributed by atoms with Gasteiger partial charge in [-0.05, 0) is 31.2 Å². The highest BCUT2D eigenvalue weighted by atomic mass is 32.1. The quantitative estimate of drug-likeness (QED) is 0.683. The first-order valence-electron chi connectivity index (χ1n) is 7.31. The van der Waals surface area contributed by atoms with Crippen molar-refractivity contribution in [3.8, 4) is 0 Å². The molecule has 0 unspecified atom stereocenters. The number of hydrogen-bond acceptors (Lipinski definition) is 4. The van der Waals surface area contributed by atoms with E-state index in [4.69, 9.17) is 0 Å². The number of urea groups is 1. The van der Waals surface area contributed by atoms with Gasteiger partial charge in [-0.1, -0.05) is 6.07 Å². The molecule has 24 heavy (non-hydrogen) atoms. The zero-order valence-electron chi connectivity index (χ0n) is 13.5. The molecular formula is C16H17N5O2S. The number of carbonyl (C=O) groups excluding carboxylic acids is 2. The molecular weight excluding hydrogens is 326 g/mol. The number of nitrogens with one attached hydrogen (secondary N) is 3. The molecule has 0 saturated heterocycles. The van der Waals surface area contributed by atoms with Crippen LogP contribution in [-0.4, -0.2) is 28.8 Å². The van der Waals surface area contributed by atoms with E-state index in [1.54, 1.807) is 36.0 Å². The maximum atomic E-state index is 12.5. The van der Waals surface area contributed by atoms with Gasteiger partial charge in [0.05, 0.1) is 10.6 Å². The van der Waals surface area contributed by atoms with E-state index in [0.717, 1.165) is 15.9 Å². The summed E-state index contributed by atoms with van der Waals surface area (Å²) in [5.41, 5.74) is 2.12. The van der Waals surface area contributed by atoms with Gasteiger partial charge in [-0.3, -0.25) is 9.48 Å². The molecule has 3 rings (SSSR count). The molecule has 0 aliphatic carbocycles. The number of aryl methyl sites for hydroxylation is 2. The molecule has 3 aromatic rings. The minimum absolute atomic E-state index is 0.187. The zero-order valence-corrected chi connectivity index (χ0v) is 14.3. The maximum absolute atomic E-state index is 12.5. The summed E-state index contributed by atoms with van der Waals surface area (Å²) in [5, 5.41) is 13.3. The van der Waals surface area contributed by atoms with E-state index in [1.165, 1.54) is 11.3 Å². The molecule has 0 radical (unpaired) electrons. The Morgan fingerprint density at radius 2 is 1.88 bits per heavy atom. The second-order valence-electron chi connectivity index (χ2n) is 5.28. The Bertz CT molecular complexity index is 893. The molecule has 0 spiro atoms. The molecule has 3 N–H and O–H groups in total. The molecule has 0 atom stereocenters. The Morgan fingerprint density at radius 3 is 2.54 bits per heavy atom. The largest absolute Gasteiger partial charge is 0.341 e. The standard InChI is InChI=1S/C16H17N5O2S/c1-9-12-8-13(24-15(12)21(3)20-9)14(22)18-10-5-4-6-11(7-10)19-16(23)17-2/h4-8H,1-3H3,(H,18,22)(H2,17,19,23). The van der Waals surface area contributed by atoms with Crippen LogP contribution in [0.2, 0.25) is 0 Å². The Kier molecular flexibility index (Phi) is 4.22. The fraction of sp³-hybridized carbons (Fsp3) is 0.188. The van der Waals surface area contributed by atoms with Crippen LogP contribution < -0.4 is 16.0 Å². The summed E-state index contributed by atoms with van der Waals surface area (Å²) in [6.07, 6.45) is 0. The number of hydrogen-bond donors (Lipinski definition) is 3. The summed E-state index contributed by atoms with van der Waals surface area (Å²) in [6.45, 7) is 1.92. The Balaban J connectivity index is 1.79. The SMILES string of the molecule is CNC(=O)Nc1cccc(NC(=O)c2cc3c(C)nn(C)c3s2)c1. The topological polar surface area (TPSA) is 88.1 Å². The van der Waals surface area contributed by atoms with Gasteiger partial charge in [-0.15, -0.1) is 11.3 Å². The van der Waals surface area contributed by atoms with Crippen LogP contribution in [-0.2, 0) is 7.05 Å². The van der Waals surface area contributed by atoms with Crippen molar-refractivity contribution in [1.29, 1.82) is 0 Å². The van der Waals surface area contributed by atoms with Crippen molar-refractivity contribution < 1.29 is 9.59 Å². The predicted molar refractivity (Wildman–Crippen MR) is 95.8 cm³/mol. The van der Waals surface area contributed by atoms with E-state index in [2.05, 4.69) is 21.0 Å². The van der Waals surface area contributed by atoms with Crippen LogP contribution in [0, 0.1) is 6.92 Å². The van der Waals surface area contributed by atoms with Crippen LogP contribution in [0.5, 0.6) is 0 Å². The third-order valence-corrected chi connectivity index (χ3v) is 4.73. The lowest BCUT2D eigenvalue weighted by molar-refractivity contribution is 0.103. The number of carbonyl (C=O) groups is 2. The van der Waals surface area contributed by atoms with Crippen molar-refractivity contribution in [2.24, 2.45) is 7.05 Å². The molecule has 0 bridgehead atoms. The van der Waals surface area contributed by atoms with Crippen molar-refractivity contribution >= 4 is 44.9 Å². The van der Waals surface area contributed by atoms with Gasteiger partial charge in [0.25, 0.3) is 5.91 Å². The highest BCUT2D eigenvalue weighted by Crippen LogP contribution is 2.28. The Morgan fingerprint density at radius 1 is 1.17 bits per heavy atom. The van der Waals surface area contributed by atoms with Crippen molar-refractivity contribution in [1.82, 2.24) is 15.1 Å². The number of rotatable bonds is 3. The lowest BCUT2D eigenvalue weighted by atomic mass is 10.2. The number of aromatic nitrogens is 2. The first kappa shape index (κ1) is 16.0. The number of nitrogens with zero attached hydrogens (tertiary/aromatic N) is 2. The minimum Gasteiger partial charge on any atom is -0.341 e. The number of thiophene rings is 1. The van der Waals surface area contributed by atoms with Crippen molar-refractivity contribution in [2.75, 3.05) is 17.7 Å². The van der Waals surface area contributed by atoms with Crippen LogP contribution >= 0.6 is 11.3 Å². The summed E-state index contributed by atoms with van der Waals surface area (Å²) in [6, 6.07) is 8.52. The maximum Gasteiger partial charge on any atom is 0.318 e. The molecule has 2 heterocycles. The summed E-state index contributed by atoms with van der Waals surface area (Å²) in [5.74, 6) is -0.187. The lowest BCUT2D eigenvalue weighted by Gasteiger charge is -2.07. The highest BCUT2D eigenvalue weighted by Gasteiger charge is 2.15.